The van der Waals surface area contributed by atoms with Gasteiger partial charge in [-0.25, -0.2) is 8.42 Å². The van der Waals surface area contributed by atoms with E-state index < -0.39 is 20.7 Å². The molecule has 1 aromatic heterocycles. The summed E-state index contributed by atoms with van der Waals surface area (Å²) in [5.41, 5.74) is 2.48. The van der Waals surface area contributed by atoms with Gasteiger partial charge in [0.1, 0.15) is 6.61 Å². The van der Waals surface area contributed by atoms with Gasteiger partial charge in [-0.1, -0.05) is 54.2 Å². The highest BCUT2D eigenvalue weighted by atomic mass is 32.2. The second-order valence-corrected chi connectivity index (χ2v) is 14.3. The Morgan fingerprint density at radius 3 is 2.23 bits per heavy atom. The topological polar surface area (TPSA) is 152 Å². The first kappa shape index (κ1) is 33.3. The van der Waals surface area contributed by atoms with Crippen LogP contribution in [0.4, 0.5) is 11.4 Å². The average molecular weight is 693 g/mol. The lowest BCUT2D eigenvalue weighted by Gasteiger charge is -2.36. The first-order valence-corrected chi connectivity index (χ1v) is 18.0. The van der Waals surface area contributed by atoms with Crippen molar-refractivity contribution in [2.24, 2.45) is 0 Å². The normalized spacial score (nSPS) is 14.7. The summed E-state index contributed by atoms with van der Waals surface area (Å²) >= 11 is 1.81. The van der Waals surface area contributed by atoms with Crippen molar-refractivity contribution < 1.29 is 32.3 Å². The number of hydrogen-bond acceptors (Lipinski definition) is 11. The van der Waals surface area contributed by atoms with Crippen molar-refractivity contribution in [2.45, 2.75) is 39.0 Å². The number of amides is 2. The van der Waals surface area contributed by atoms with Crippen LogP contribution in [0.1, 0.15) is 19.3 Å². The summed E-state index contributed by atoms with van der Waals surface area (Å²) in [5.74, 6) is -0.918. The van der Waals surface area contributed by atoms with Gasteiger partial charge in [0, 0.05) is 55.4 Å². The zero-order valence-corrected chi connectivity index (χ0v) is 27.8. The maximum Gasteiger partial charge on any atom is 0.415 e. The first-order valence-electron chi connectivity index (χ1n) is 15.7. The number of aromatic nitrogens is 2. The van der Waals surface area contributed by atoms with Gasteiger partial charge in [-0.15, -0.1) is 0 Å². The number of rotatable bonds is 13. The van der Waals surface area contributed by atoms with Crippen molar-refractivity contribution in [3.05, 3.63) is 84.1 Å². The summed E-state index contributed by atoms with van der Waals surface area (Å²) in [6.45, 7) is 4.48. The Kier molecular flexibility index (Phi) is 10.5. The first-order chi connectivity index (χ1) is 23.3. The van der Waals surface area contributed by atoms with Crippen LogP contribution in [0.15, 0.2) is 103 Å². The molecule has 2 aliphatic rings. The van der Waals surface area contributed by atoms with Crippen LogP contribution in [0.2, 0.25) is 0 Å². The van der Waals surface area contributed by atoms with E-state index in [1.165, 1.54) is 45.4 Å². The molecule has 1 fully saturated rings. The molecule has 48 heavy (non-hydrogen) atoms. The summed E-state index contributed by atoms with van der Waals surface area (Å²) in [7, 11) is -4.24. The van der Waals surface area contributed by atoms with E-state index in [0.717, 1.165) is 32.6 Å². The van der Waals surface area contributed by atoms with Crippen LogP contribution in [-0.2, 0) is 19.4 Å². The van der Waals surface area contributed by atoms with Gasteiger partial charge in [-0.05, 0) is 54.3 Å². The van der Waals surface area contributed by atoms with Crippen LogP contribution in [0.5, 0.6) is 5.88 Å². The minimum absolute atomic E-state index is 0.00821. The Labute approximate surface area is 282 Å². The molecule has 0 bridgehead atoms. The number of piperazine rings is 1. The number of anilines is 2. The molecule has 6 rings (SSSR count). The van der Waals surface area contributed by atoms with Crippen LogP contribution in [-0.4, -0.2) is 87.6 Å². The third kappa shape index (κ3) is 7.58. The van der Waals surface area contributed by atoms with E-state index in [1.54, 1.807) is 11.0 Å². The zero-order chi connectivity index (χ0) is 33.5. The van der Waals surface area contributed by atoms with Crippen LogP contribution in [0.3, 0.4) is 0 Å². The smallest absolute Gasteiger partial charge is 0.415 e. The number of hydrogen-bond donors (Lipinski definition) is 1. The Hall–Kier alpha value is -4.60. The summed E-state index contributed by atoms with van der Waals surface area (Å²) in [5, 5.41) is 17.3. The van der Waals surface area contributed by atoms with Gasteiger partial charge in [-0.3, -0.25) is 19.1 Å². The van der Waals surface area contributed by atoms with Crippen molar-refractivity contribution in [1.29, 1.82) is 0 Å². The highest BCUT2D eigenvalue weighted by Gasteiger charge is 2.35. The quantitative estimate of drug-likeness (QED) is 0.162. The lowest BCUT2D eigenvalue weighted by molar-refractivity contribution is -0.832. The van der Waals surface area contributed by atoms with Gasteiger partial charge in [0.15, 0.2) is 0 Å². The molecule has 1 saturated heterocycles. The van der Waals surface area contributed by atoms with E-state index in [0.29, 0.717) is 13.1 Å². The van der Waals surface area contributed by atoms with Crippen LogP contribution < -0.4 is 19.9 Å². The lowest BCUT2D eigenvalue weighted by atomic mass is 10.2. The fourth-order valence-electron chi connectivity index (χ4n) is 5.74. The standard InChI is InChI=1S/C33H36N6O7S2/c40-30(34-17-24-45-32-33(39(42)46-35-32)48(43,44)25-9-2-1-3-10-25)15-16-31(41)37-22-20-36(21-23-37)18-8-19-38-26-11-4-6-13-28(26)47-29-14-7-5-12-27(29)38/h1-7,9-14H,8,15-24H2,(H,34,40). The van der Waals surface area contributed by atoms with Gasteiger partial charge in [-0.2, -0.15) is 0 Å². The second-order valence-electron chi connectivity index (χ2n) is 11.3. The maximum atomic E-state index is 12.8. The molecule has 4 aromatic rings. The molecule has 0 radical (unpaired) electrons. The third-order valence-corrected chi connectivity index (χ3v) is 11.1. The van der Waals surface area contributed by atoms with Crippen molar-refractivity contribution in [2.75, 3.05) is 57.3 Å². The molecular weight excluding hydrogens is 657 g/mol. The zero-order valence-electron chi connectivity index (χ0n) is 26.2. The molecule has 2 aliphatic heterocycles. The van der Waals surface area contributed by atoms with E-state index in [4.69, 9.17) is 4.74 Å². The number of benzene rings is 3. The summed E-state index contributed by atoms with van der Waals surface area (Å²) in [4.78, 5) is 34.0. The van der Waals surface area contributed by atoms with Crippen LogP contribution >= 0.6 is 11.8 Å². The average Bonchev–Trinajstić information content (AvgIpc) is 3.50. The number of carbonyl (C=O) groups is 2. The van der Waals surface area contributed by atoms with E-state index in [9.17, 15) is 23.2 Å². The number of carbonyl (C=O) groups excluding carboxylic acids is 2. The van der Waals surface area contributed by atoms with E-state index in [2.05, 4.69) is 73.4 Å². The van der Waals surface area contributed by atoms with Gasteiger partial charge in [0.25, 0.3) is 9.84 Å². The fourth-order valence-corrected chi connectivity index (χ4v) is 8.13. The van der Waals surface area contributed by atoms with Crippen molar-refractivity contribution >= 4 is 44.8 Å². The number of ether oxygens (including phenoxy) is 1. The number of fused-ring (bicyclic) bond motifs is 2. The minimum Gasteiger partial charge on any atom is -0.453 e. The molecule has 0 atom stereocenters. The van der Waals surface area contributed by atoms with Crippen molar-refractivity contribution in [3.8, 4) is 5.88 Å². The highest BCUT2D eigenvalue weighted by Crippen LogP contribution is 2.47. The SMILES string of the molecule is O=C(CCC(=O)N1CCN(CCCN2c3ccccc3Sc3ccccc32)CC1)NCCOc1no[n+]([O-])c1S(=O)(=O)c1ccccc1. The summed E-state index contributed by atoms with van der Waals surface area (Å²) in [6.07, 6.45) is 1.08. The Morgan fingerprint density at radius 1 is 0.896 bits per heavy atom. The molecule has 3 heterocycles. The van der Waals surface area contributed by atoms with Crippen molar-refractivity contribution in [3.63, 3.8) is 0 Å². The van der Waals surface area contributed by atoms with Gasteiger partial charge in [0.2, 0.25) is 11.8 Å². The number of para-hydroxylation sites is 2. The molecule has 3 aromatic carbocycles. The molecule has 13 nitrogen and oxygen atoms in total. The molecule has 0 spiro atoms. The second kappa shape index (κ2) is 15.1. The molecule has 0 aliphatic carbocycles. The maximum absolute atomic E-state index is 12.8. The third-order valence-electron chi connectivity index (χ3n) is 8.20. The molecular formula is C33H36N6O7S2. The molecule has 0 unspecified atom stereocenters. The predicted molar refractivity (Wildman–Crippen MR) is 177 cm³/mol. The van der Waals surface area contributed by atoms with Gasteiger partial charge >= 0.3 is 10.9 Å². The largest absolute Gasteiger partial charge is 0.453 e. The van der Waals surface area contributed by atoms with Crippen LogP contribution in [0.25, 0.3) is 0 Å². The van der Waals surface area contributed by atoms with Crippen LogP contribution in [0, 0.1) is 5.21 Å². The molecule has 0 saturated carbocycles. The number of nitrogens with zero attached hydrogens (tertiary/aromatic N) is 5. The summed E-state index contributed by atoms with van der Waals surface area (Å²) < 4.78 is 35.5. The minimum atomic E-state index is -4.24. The van der Waals surface area contributed by atoms with E-state index in [1.807, 2.05) is 11.8 Å². The van der Waals surface area contributed by atoms with Gasteiger partial charge < -0.3 is 25.1 Å². The molecule has 15 heteroatoms. The highest BCUT2D eigenvalue weighted by molar-refractivity contribution is 7.99. The number of nitrogens with one attached hydrogen (secondary N) is 1. The molecule has 2 amide bonds. The Balaban J connectivity index is 0.887. The summed E-state index contributed by atoms with van der Waals surface area (Å²) in [6, 6.07) is 24.4. The Morgan fingerprint density at radius 2 is 1.54 bits per heavy atom. The lowest BCUT2D eigenvalue weighted by Crippen LogP contribution is -2.49. The number of sulfone groups is 1. The van der Waals surface area contributed by atoms with Gasteiger partial charge in [0.05, 0.1) is 28.0 Å². The molecule has 1 N–H and O–H groups in total. The van der Waals surface area contributed by atoms with E-state index >= 15 is 0 Å². The van der Waals surface area contributed by atoms with Crippen molar-refractivity contribution in [1.82, 2.24) is 20.3 Å². The predicted octanol–water partition coefficient (Wildman–Crippen LogP) is 3.25. The molecule has 252 valence electrons. The van der Waals surface area contributed by atoms with E-state index in [-0.39, 0.29) is 47.6 Å². The Bertz CT molecular complexity index is 1800. The monoisotopic (exact) mass is 692 g/mol. The fraction of sp³-hybridized carbons (Fsp3) is 0.333.